The summed E-state index contributed by atoms with van der Waals surface area (Å²) >= 11 is 0. The zero-order valence-corrected chi connectivity index (χ0v) is 12.7. The minimum absolute atomic E-state index is 0.335. The molecule has 1 saturated heterocycles. The monoisotopic (exact) mass is 279 g/mol. The van der Waals surface area contributed by atoms with Gasteiger partial charge in [0, 0.05) is 24.3 Å². The van der Waals surface area contributed by atoms with E-state index >= 15 is 0 Å². The van der Waals surface area contributed by atoms with Gasteiger partial charge < -0.3 is 5.11 Å². The lowest BCUT2D eigenvalue weighted by Crippen LogP contribution is -2.49. The number of carboxylic acids is 1. The Labute approximate surface area is 120 Å². The van der Waals surface area contributed by atoms with Crippen molar-refractivity contribution in [3.05, 3.63) is 18.0 Å². The summed E-state index contributed by atoms with van der Waals surface area (Å²) in [5, 5.41) is 14.0. The van der Waals surface area contributed by atoms with E-state index < -0.39 is 11.5 Å². The minimum Gasteiger partial charge on any atom is -0.480 e. The predicted octanol–water partition coefficient (Wildman–Crippen LogP) is 2.68. The molecule has 0 aliphatic carbocycles. The molecule has 1 aliphatic heterocycles. The SMILES string of the molecule is CCCC1(C(=O)O)CCCN1Cc1cnn(C(C)C)c1. The zero-order chi connectivity index (χ0) is 14.8. The van der Waals surface area contributed by atoms with Crippen molar-refractivity contribution in [2.45, 2.75) is 64.6 Å². The van der Waals surface area contributed by atoms with Crippen LogP contribution < -0.4 is 0 Å². The number of carboxylic acid groups (broad SMARTS) is 1. The highest BCUT2D eigenvalue weighted by Gasteiger charge is 2.46. The van der Waals surface area contributed by atoms with Gasteiger partial charge in [0.25, 0.3) is 0 Å². The Morgan fingerprint density at radius 1 is 1.55 bits per heavy atom. The summed E-state index contributed by atoms with van der Waals surface area (Å²) < 4.78 is 1.92. The molecule has 0 spiro atoms. The molecule has 1 fully saturated rings. The van der Waals surface area contributed by atoms with Crippen LogP contribution in [-0.2, 0) is 11.3 Å². The van der Waals surface area contributed by atoms with Crippen molar-refractivity contribution >= 4 is 5.97 Å². The van der Waals surface area contributed by atoms with Gasteiger partial charge in [-0.05, 0) is 39.7 Å². The average molecular weight is 279 g/mol. The van der Waals surface area contributed by atoms with Gasteiger partial charge in [-0.25, -0.2) is 0 Å². The van der Waals surface area contributed by atoms with Crippen LogP contribution in [0.15, 0.2) is 12.4 Å². The van der Waals surface area contributed by atoms with Crippen LogP contribution in [0, 0.1) is 0 Å². The summed E-state index contributed by atoms with van der Waals surface area (Å²) in [4.78, 5) is 13.9. The van der Waals surface area contributed by atoms with Gasteiger partial charge in [-0.2, -0.15) is 5.10 Å². The van der Waals surface area contributed by atoms with E-state index in [1.807, 2.05) is 17.1 Å². The van der Waals surface area contributed by atoms with Gasteiger partial charge in [-0.15, -0.1) is 0 Å². The van der Waals surface area contributed by atoms with E-state index in [9.17, 15) is 9.90 Å². The van der Waals surface area contributed by atoms with Crippen LogP contribution in [0.1, 0.15) is 58.1 Å². The average Bonchev–Trinajstić information content (AvgIpc) is 2.99. The number of aromatic nitrogens is 2. The number of hydrogen-bond acceptors (Lipinski definition) is 3. The lowest BCUT2D eigenvalue weighted by molar-refractivity contribution is -0.150. The molecule has 1 aliphatic rings. The number of aliphatic carboxylic acids is 1. The fourth-order valence-electron chi connectivity index (χ4n) is 3.17. The van der Waals surface area contributed by atoms with Gasteiger partial charge in [0.05, 0.1) is 6.20 Å². The van der Waals surface area contributed by atoms with Crippen LogP contribution in [0.4, 0.5) is 0 Å². The summed E-state index contributed by atoms with van der Waals surface area (Å²) in [7, 11) is 0. The first-order chi connectivity index (χ1) is 9.49. The van der Waals surface area contributed by atoms with E-state index in [2.05, 4.69) is 30.8 Å². The number of hydrogen-bond donors (Lipinski definition) is 1. The van der Waals surface area contributed by atoms with E-state index in [1.165, 1.54) is 0 Å². The Kier molecular flexibility index (Phi) is 4.48. The van der Waals surface area contributed by atoms with Crippen LogP contribution in [0.5, 0.6) is 0 Å². The Balaban J connectivity index is 2.15. The second-order valence-electron chi connectivity index (χ2n) is 6.03. The van der Waals surface area contributed by atoms with Crippen molar-refractivity contribution in [2.75, 3.05) is 6.54 Å². The first kappa shape index (κ1) is 15.0. The van der Waals surface area contributed by atoms with Crippen LogP contribution >= 0.6 is 0 Å². The molecule has 2 heterocycles. The fraction of sp³-hybridized carbons (Fsp3) is 0.733. The minimum atomic E-state index is -0.673. The maximum absolute atomic E-state index is 11.8. The largest absolute Gasteiger partial charge is 0.480 e. The molecule has 5 heteroatoms. The smallest absolute Gasteiger partial charge is 0.324 e. The molecular formula is C15H25N3O2. The lowest BCUT2D eigenvalue weighted by atomic mass is 9.90. The lowest BCUT2D eigenvalue weighted by Gasteiger charge is -2.34. The summed E-state index contributed by atoms with van der Waals surface area (Å²) in [6.07, 6.45) is 7.23. The van der Waals surface area contributed by atoms with Crippen molar-refractivity contribution in [1.29, 1.82) is 0 Å². The van der Waals surface area contributed by atoms with E-state index in [4.69, 9.17) is 0 Å². The molecule has 20 heavy (non-hydrogen) atoms. The molecule has 1 unspecified atom stereocenters. The Bertz CT molecular complexity index is 469. The summed E-state index contributed by atoms with van der Waals surface area (Å²) in [6, 6.07) is 0.335. The van der Waals surface area contributed by atoms with Gasteiger partial charge in [0.15, 0.2) is 0 Å². The summed E-state index contributed by atoms with van der Waals surface area (Å²) in [5.41, 5.74) is 0.427. The fourth-order valence-corrected chi connectivity index (χ4v) is 3.17. The quantitative estimate of drug-likeness (QED) is 0.869. The summed E-state index contributed by atoms with van der Waals surface area (Å²) in [5.74, 6) is -0.673. The molecule has 0 radical (unpaired) electrons. The number of carbonyl (C=O) groups is 1. The van der Waals surface area contributed by atoms with Crippen molar-refractivity contribution in [3.63, 3.8) is 0 Å². The maximum atomic E-state index is 11.8. The van der Waals surface area contributed by atoms with E-state index in [-0.39, 0.29) is 0 Å². The summed E-state index contributed by atoms with van der Waals surface area (Å²) in [6.45, 7) is 7.77. The second kappa shape index (κ2) is 5.95. The third-order valence-electron chi connectivity index (χ3n) is 4.24. The van der Waals surface area contributed by atoms with Crippen LogP contribution in [0.25, 0.3) is 0 Å². The molecule has 0 aromatic carbocycles. The van der Waals surface area contributed by atoms with Gasteiger partial charge in [-0.3, -0.25) is 14.4 Å². The normalized spacial score (nSPS) is 23.6. The van der Waals surface area contributed by atoms with E-state index in [1.54, 1.807) is 0 Å². The second-order valence-corrected chi connectivity index (χ2v) is 6.03. The van der Waals surface area contributed by atoms with Crippen LogP contribution in [0.3, 0.4) is 0 Å². The zero-order valence-electron chi connectivity index (χ0n) is 12.7. The molecule has 1 aromatic heterocycles. The third-order valence-corrected chi connectivity index (χ3v) is 4.24. The first-order valence-corrected chi connectivity index (χ1v) is 7.51. The number of nitrogens with zero attached hydrogens (tertiary/aromatic N) is 3. The molecule has 0 amide bonds. The van der Waals surface area contributed by atoms with Gasteiger partial charge in [-0.1, -0.05) is 13.3 Å². The van der Waals surface area contributed by atoms with Crippen molar-refractivity contribution < 1.29 is 9.90 Å². The van der Waals surface area contributed by atoms with Gasteiger partial charge in [0.2, 0.25) is 0 Å². The highest BCUT2D eigenvalue weighted by molar-refractivity contribution is 5.79. The Morgan fingerprint density at radius 3 is 2.85 bits per heavy atom. The molecular weight excluding hydrogens is 254 g/mol. The molecule has 112 valence electrons. The highest BCUT2D eigenvalue weighted by Crippen LogP contribution is 2.35. The third kappa shape index (κ3) is 2.73. The van der Waals surface area contributed by atoms with Gasteiger partial charge >= 0.3 is 5.97 Å². The molecule has 1 N–H and O–H groups in total. The number of rotatable bonds is 6. The van der Waals surface area contributed by atoms with Crippen molar-refractivity contribution in [1.82, 2.24) is 14.7 Å². The predicted molar refractivity (Wildman–Crippen MR) is 77.5 cm³/mol. The van der Waals surface area contributed by atoms with Gasteiger partial charge in [0.1, 0.15) is 5.54 Å². The number of likely N-dealkylation sites (tertiary alicyclic amines) is 1. The highest BCUT2D eigenvalue weighted by atomic mass is 16.4. The molecule has 1 atom stereocenters. The van der Waals surface area contributed by atoms with E-state index in [0.29, 0.717) is 12.6 Å². The van der Waals surface area contributed by atoms with Crippen LogP contribution in [0.2, 0.25) is 0 Å². The van der Waals surface area contributed by atoms with Crippen LogP contribution in [-0.4, -0.2) is 37.8 Å². The molecule has 5 nitrogen and oxygen atoms in total. The standard InChI is InChI=1S/C15H25N3O2/c1-4-6-15(14(19)20)7-5-8-17(15)10-13-9-16-18(11-13)12(2)3/h9,11-12H,4-8,10H2,1-3H3,(H,19,20). The Morgan fingerprint density at radius 2 is 2.30 bits per heavy atom. The molecule has 0 saturated carbocycles. The molecule has 2 rings (SSSR count). The van der Waals surface area contributed by atoms with E-state index in [0.717, 1.165) is 37.8 Å². The maximum Gasteiger partial charge on any atom is 0.324 e. The van der Waals surface area contributed by atoms with Crippen molar-refractivity contribution in [2.24, 2.45) is 0 Å². The van der Waals surface area contributed by atoms with Crippen molar-refractivity contribution in [3.8, 4) is 0 Å². The molecule has 1 aromatic rings. The topological polar surface area (TPSA) is 58.4 Å². The Hall–Kier alpha value is -1.36. The first-order valence-electron chi connectivity index (χ1n) is 7.51. The molecule has 0 bridgehead atoms.